The molecule has 2 rings (SSSR count). The summed E-state index contributed by atoms with van der Waals surface area (Å²) in [6, 6.07) is 7.56. The normalized spacial score (nSPS) is 19.8. The lowest BCUT2D eigenvalue weighted by molar-refractivity contribution is -0.130. The van der Waals surface area contributed by atoms with Crippen LogP contribution in [-0.2, 0) is 4.79 Å². The first-order valence-electron chi connectivity index (χ1n) is 8.61. The molecule has 6 nitrogen and oxygen atoms in total. The Bertz CT molecular complexity index is 639. The van der Waals surface area contributed by atoms with Crippen LogP contribution in [0.15, 0.2) is 18.2 Å². The summed E-state index contributed by atoms with van der Waals surface area (Å²) in [6.07, 6.45) is 1.13. The van der Waals surface area contributed by atoms with Crippen molar-refractivity contribution in [1.29, 1.82) is 5.26 Å². The molecule has 1 saturated heterocycles. The van der Waals surface area contributed by atoms with Crippen molar-refractivity contribution in [3.8, 4) is 17.6 Å². The van der Waals surface area contributed by atoms with Gasteiger partial charge >= 0.3 is 0 Å². The first-order chi connectivity index (χ1) is 12.0. The third-order valence-corrected chi connectivity index (χ3v) is 4.67. The van der Waals surface area contributed by atoms with Crippen molar-refractivity contribution in [1.82, 2.24) is 9.80 Å². The zero-order valence-corrected chi connectivity index (χ0v) is 15.5. The van der Waals surface area contributed by atoms with Gasteiger partial charge in [0.2, 0.25) is 5.91 Å². The van der Waals surface area contributed by atoms with Gasteiger partial charge in [0.1, 0.15) is 0 Å². The van der Waals surface area contributed by atoms with Crippen LogP contribution >= 0.6 is 0 Å². The zero-order valence-electron chi connectivity index (χ0n) is 15.5. The monoisotopic (exact) mass is 345 g/mol. The maximum absolute atomic E-state index is 12.4. The Hall–Kier alpha value is -2.26. The van der Waals surface area contributed by atoms with E-state index < -0.39 is 0 Å². The van der Waals surface area contributed by atoms with Gasteiger partial charge in [-0.2, -0.15) is 5.26 Å². The van der Waals surface area contributed by atoms with Gasteiger partial charge < -0.3 is 19.3 Å². The van der Waals surface area contributed by atoms with Gasteiger partial charge in [-0.1, -0.05) is 6.92 Å². The molecule has 1 aliphatic rings. The van der Waals surface area contributed by atoms with E-state index in [2.05, 4.69) is 32.0 Å². The fraction of sp³-hybridized carbons (Fsp3) is 0.579. The van der Waals surface area contributed by atoms with Crippen LogP contribution in [0.1, 0.15) is 25.3 Å². The molecule has 0 radical (unpaired) electrons. The van der Waals surface area contributed by atoms with E-state index in [9.17, 15) is 4.79 Å². The minimum atomic E-state index is 0.187. The molecular formula is C19H27N3O3. The average Bonchev–Trinajstić information content (AvgIpc) is 3.00. The Kier molecular flexibility index (Phi) is 6.65. The molecule has 0 aliphatic carbocycles. The number of hydrogen-bond donors (Lipinski definition) is 0. The number of carbonyl (C=O) groups excluding carboxylic acids is 1. The van der Waals surface area contributed by atoms with Gasteiger partial charge in [0.15, 0.2) is 11.5 Å². The van der Waals surface area contributed by atoms with Crippen LogP contribution < -0.4 is 9.47 Å². The molecule has 0 aromatic heterocycles. The van der Waals surface area contributed by atoms with Crippen molar-refractivity contribution in [2.24, 2.45) is 5.92 Å². The molecule has 1 aromatic carbocycles. The highest BCUT2D eigenvalue weighted by molar-refractivity contribution is 5.76. The SMILES string of the molecule is COc1cc(C#N)ccc1OCCCC(=O)N1C[C@H](C)[C@@H](N(C)C)C1. The highest BCUT2D eigenvalue weighted by Crippen LogP contribution is 2.28. The molecule has 136 valence electrons. The number of benzene rings is 1. The first-order valence-corrected chi connectivity index (χ1v) is 8.61. The Balaban J connectivity index is 1.78. The second-order valence-electron chi connectivity index (χ2n) is 6.74. The van der Waals surface area contributed by atoms with Crippen molar-refractivity contribution >= 4 is 5.91 Å². The highest BCUT2D eigenvalue weighted by Gasteiger charge is 2.33. The second kappa shape index (κ2) is 8.72. The number of hydrogen-bond acceptors (Lipinski definition) is 5. The summed E-state index contributed by atoms with van der Waals surface area (Å²) in [4.78, 5) is 16.5. The van der Waals surface area contributed by atoms with E-state index >= 15 is 0 Å². The molecule has 1 heterocycles. The average molecular weight is 345 g/mol. The molecule has 1 aliphatic heterocycles. The zero-order chi connectivity index (χ0) is 18.4. The van der Waals surface area contributed by atoms with Gasteiger partial charge in [-0.15, -0.1) is 0 Å². The lowest BCUT2D eigenvalue weighted by atomic mass is 10.1. The van der Waals surface area contributed by atoms with E-state index in [0.29, 0.717) is 48.5 Å². The third-order valence-electron chi connectivity index (χ3n) is 4.67. The predicted molar refractivity (Wildman–Crippen MR) is 95.7 cm³/mol. The van der Waals surface area contributed by atoms with Crippen molar-refractivity contribution < 1.29 is 14.3 Å². The molecule has 6 heteroatoms. The number of nitriles is 1. The molecule has 1 fully saturated rings. The molecular weight excluding hydrogens is 318 g/mol. The Morgan fingerprint density at radius 2 is 2.12 bits per heavy atom. The van der Waals surface area contributed by atoms with Gasteiger partial charge in [-0.3, -0.25) is 4.79 Å². The van der Waals surface area contributed by atoms with E-state index in [-0.39, 0.29) is 5.91 Å². The van der Waals surface area contributed by atoms with Crippen LogP contribution in [0, 0.1) is 17.2 Å². The number of likely N-dealkylation sites (tertiary alicyclic amines) is 1. The predicted octanol–water partition coefficient (Wildman–Crippen LogP) is 2.13. The largest absolute Gasteiger partial charge is 0.493 e. The maximum Gasteiger partial charge on any atom is 0.222 e. The minimum Gasteiger partial charge on any atom is -0.493 e. The van der Waals surface area contributed by atoms with Gasteiger partial charge in [0.05, 0.1) is 25.3 Å². The highest BCUT2D eigenvalue weighted by atomic mass is 16.5. The smallest absolute Gasteiger partial charge is 0.222 e. The van der Waals surface area contributed by atoms with Gasteiger partial charge in [-0.05, 0) is 38.6 Å². The quantitative estimate of drug-likeness (QED) is 0.708. The van der Waals surface area contributed by atoms with Crippen LogP contribution in [0.5, 0.6) is 11.5 Å². The Labute approximate surface area is 149 Å². The summed E-state index contributed by atoms with van der Waals surface area (Å²) in [6.45, 7) is 4.26. The molecule has 25 heavy (non-hydrogen) atoms. The lowest BCUT2D eigenvalue weighted by Gasteiger charge is -2.22. The Morgan fingerprint density at radius 1 is 1.36 bits per heavy atom. The van der Waals surface area contributed by atoms with Crippen LogP contribution in [-0.4, -0.2) is 62.7 Å². The molecule has 1 amide bonds. The van der Waals surface area contributed by atoms with Gasteiger partial charge in [-0.25, -0.2) is 0 Å². The molecule has 0 N–H and O–H groups in total. The Morgan fingerprint density at radius 3 is 2.72 bits per heavy atom. The minimum absolute atomic E-state index is 0.187. The van der Waals surface area contributed by atoms with Crippen LogP contribution in [0.3, 0.4) is 0 Å². The summed E-state index contributed by atoms with van der Waals surface area (Å²) in [5.74, 6) is 1.81. The maximum atomic E-state index is 12.4. The lowest BCUT2D eigenvalue weighted by Crippen LogP contribution is -2.35. The van der Waals surface area contributed by atoms with Crippen LogP contribution in [0.2, 0.25) is 0 Å². The molecule has 1 aromatic rings. The standard InChI is InChI=1S/C19H27N3O3/c1-14-12-22(13-16(14)21(2)3)19(23)6-5-9-25-17-8-7-15(11-20)10-18(17)24-4/h7-8,10,14,16H,5-6,9,12-13H2,1-4H3/t14-,16-/m0/s1. The van der Waals surface area contributed by atoms with Crippen LogP contribution in [0.4, 0.5) is 0 Å². The van der Waals surface area contributed by atoms with Gasteiger partial charge in [0.25, 0.3) is 0 Å². The molecule has 0 saturated carbocycles. The molecule has 0 unspecified atom stereocenters. The summed E-state index contributed by atoms with van der Waals surface area (Å²) >= 11 is 0. The summed E-state index contributed by atoms with van der Waals surface area (Å²) < 4.78 is 10.9. The summed E-state index contributed by atoms with van der Waals surface area (Å²) in [5, 5.41) is 8.91. The fourth-order valence-electron chi connectivity index (χ4n) is 3.25. The van der Waals surface area contributed by atoms with Crippen molar-refractivity contribution in [3.05, 3.63) is 23.8 Å². The number of methoxy groups -OCH3 is 1. The van der Waals surface area contributed by atoms with Crippen LogP contribution in [0.25, 0.3) is 0 Å². The van der Waals surface area contributed by atoms with Crippen molar-refractivity contribution in [2.45, 2.75) is 25.8 Å². The molecule has 0 spiro atoms. The third kappa shape index (κ3) is 4.86. The number of carbonyl (C=O) groups is 1. The topological polar surface area (TPSA) is 65.8 Å². The molecule has 0 bridgehead atoms. The van der Waals surface area contributed by atoms with E-state index in [1.54, 1.807) is 25.3 Å². The fourth-order valence-corrected chi connectivity index (χ4v) is 3.25. The van der Waals surface area contributed by atoms with Crippen molar-refractivity contribution in [2.75, 3.05) is 40.9 Å². The van der Waals surface area contributed by atoms with Crippen molar-refractivity contribution in [3.63, 3.8) is 0 Å². The summed E-state index contributed by atoms with van der Waals surface area (Å²) in [7, 11) is 5.67. The number of rotatable bonds is 7. The number of amides is 1. The number of ether oxygens (including phenoxy) is 2. The second-order valence-corrected chi connectivity index (χ2v) is 6.74. The number of nitrogens with zero attached hydrogens (tertiary/aromatic N) is 3. The summed E-state index contributed by atoms with van der Waals surface area (Å²) in [5.41, 5.74) is 0.526. The van der Waals surface area contributed by atoms with E-state index in [0.717, 1.165) is 13.1 Å². The van der Waals surface area contributed by atoms with Gasteiger partial charge in [0, 0.05) is 31.6 Å². The van der Waals surface area contributed by atoms with E-state index in [1.165, 1.54) is 0 Å². The molecule has 2 atom stereocenters. The first kappa shape index (κ1) is 19.1. The van der Waals surface area contributed by atoms with E-state index in [4.69, 9.17) is 14.7 Å². The van der Waals surface area contributed by atoms with E-state index in [1.807, 2.05) is 4.90 Å². The number of likely N-dealkylation sites (N-methyl/N-ethyl adjacent to an activating group) is 1.